The lowest BCUT2D eigenvalue weighted by Crippen LogP contribution is -2.80. The molecule has 27 heavy (non-hydrogen) atoms. The summed E-state index contributed by atoms with van der Waals surface area (Å²) < 4.78 is 7.06. The number of aliphatic hydroxyl groups is 1. The molecule has 5 aliphatic rings. The summed E-state index contributed by atoms with van der Waals surface area (Å²) in [4.78, 5) is 12.9. The normalized spacial score (nSPS) is 44.0. The Morgan fingerprint density at radius 2 is 2.11 bits per heavy atom. The van der Waals surface area contributed by atoms with Gasteiger partial charge in [0, 0.05) is 30.7 Å². The van der Waals surface area contributed by atoms with Crippen molar-refractivity contribution in [2.24, 2.45) is 5.92 Å². The zero-order valence-corrected chi connectivity index (χ0v) is 16.1. The van der Waals surface area contributed by atoms with Crippen LogP contribution in [0.2, 0.25) is 0 Å². The fourth-order valence-corrected chi connectivity index (χ4v) is 7.16. The van der Waals surface area contributed by atoms with Crippen molar-refractivity contribution < 1.29 is 24.2 Å². The molecular formula is C22H28NO4+. The number of hydrogen-bond donors (Lipinski definition) is 2. The summed E-state index contributed by atoms with van der Waals surface area (Å²) in [5, 5.41) is 22.9. The SMILES string of the molecule is Cc1cc2c3c(c1O)O[C@H]1C(=O)CC[C@@]4(O)[C@@H](C2)[N@@+](C)(CC2CC2)CC[C@]314. The number of likely N-dealkylation sites (N-methyl/N-ethyl adjacent to an activating group) is 1. The molecule has 2 N–H and O–H groups in total. The minimum Gasteiger partial charge on any atom is -0.504 e. The van der Waals surface area contributed by atoms with Gasteiger partial charge in [0.15, 0.2) is 23.4 Å². The number of phenolic OH excluding ortho intramolecular Hbond substituents is 1. The Kier molecular flexibility index (Phi) is 2.84. The summed E-state index contributed by atoms with van der Waals surface area (Å²) in [6.07, 6.45) is 4.41. The minimum atomic E-state index is -0.937. The van der Waals surface area contributed by atoms with E-state index in [1.54, 1.807) is 0 Å². The van der Waals surface area contributed by atoms with Crippen molar-refractivity contribution in [3.05, 3.63) is 22.8 Å². The topological polar surface area (TPSA) is 66.8 Å². The second-order valence-corrected chi connectivity index (χ2v) is 10.1. The standard InChI is InChI=1S/C22H27NO4/c1-12-9-14-10-16-22(26)6-5-15(24)20-21(22,17(14)19(27-20)18(12)25)7-8-23(16,2)11-13-3-4-13/h9,13,16,20,26H,3-8,10-11H2,1-2H3/p+1/t16-,20+,21+,22-,23-/m1/s1. The lowest BCUT2D eigenvalue weighted by Gasteiger charge is -2.64. The molecule has 0 aromatic heterocycles. The van der Waals surface area contributed by atoms with Crippen LogP contribution in [0.1, 0.15) is 48.8 Å². The molecule has 1 spiro atoms. The number of benzene rings is 1. The van der Waals surface area contributed by atoms with E-state index in [-0.39, 0.29) is 17.6 Å². The summed E-state index contributed by atoms with van der Waals surface area (Å²) in [5.41, 5.74) is 1.30. The number of rotatable bonds is 2. The number of piperidine rings is 1. The van der Waals surface area contributed by atoms with Gasteiger partial charge in [0.1, 0.15) is 11.6 Å². The first-order valence-corrected chi connectivity index (χ1v) is 10.4. The fourth-order valence-electron chi connectivity index (χ4n) is 7.16. The molecule has 1 aromatic carbocycles. The first kappa shape index (κ1) is 16.4. The van der Waals surface area contributed by atoms with E-state index in [1.165, 1.54) is 18.4 Å². The molecule has 6 rings (SSSR count). The van der Waals surface area contributed by atoms with E-state index < -0.39 is 17.1 Å². The van der Waals surface area contributed by atoms with Crippen molar-refractivity contribution >= 4 is 5.78 Å². The molecule has 2 heterocycles. The van der Waals surface area contributed by atoms with E-state index >= 15 is 0 Å². The predicted molar refractivity (Wildman–Crippen MR) is 98.9 cm³/mol. The maximum Gasteiger partial charge on any atom is 0.174 e. The van der Waals surface area contributed by atoms with Gasteiger partial charge in [-0.15, -0.1) is 0 Å². The van der Waals surface area contributed by atoms with Crippen molar-refractivity contribution in [2.45, 2.75) is 68.6 Å². The van der Waals surface area contributed by atoms with Gasteiger partial charge in [-0.3, -0.25) is 4.79 Å². The molecular weight excluding hydrogens is 342 g/mol. The number of ketones is 1. The molecule has 5 atom stereocenters. The molecule has 3 aliphatic carbocycles. The molecule has 0 unspecified atom stereocenters. The number of ether oxygens (including phenoxy) is 1. The number of aryl methyl sites for hydroxylation is 1. The molecule has 144 valence electrons. The van der Waals surface area contributed by atoms with E-state index in [1.807, 2.05) is 6.92 Å². The zero-order valence-electron chi connectivity index (χ0n) is 16.1. The lowest BCUT2D eigenvalue weighted by atomic mass is 9.48. The Morgan fingerprint density at radius 1 is 1.33 bits per heavy atom. The van der Waals surface area contributed by atoms with Gasteiger partial charge < -0.3 is 19.4 Å². The van der Waals surface area contributed by atoms with Crippen LogP contribution in [0.3, 0.4) is 0 Å². The molecule has 0 radical (unpaired) electrons. The van der Waals surface area contributed by atoms with Gasteiger partial charge >= 0.3 is 0 Å². The summed E-state index contributed by atoms with van der Waals surface area (Å²) >= 11 is 0. The Morgan fingerprint density at radius 3 is 2.85 bits per heavy atom. The van der Waals surface area contributed by atoms with Crippen LogP contribution in [-0.2, 0) is 16.6 Å². The van der Waals surface area contributed by atoms with Crippen molar-refractivity contribution in [2.75, 3.05) is 20.1 Å². The Bertz CT molecular complexity index is 893. The van der Waals surface area contributed by atoms with E-state index in [2.05, 4.69) is 13.1 Å². The summed E-state index contributed by atoms with van der Waals surface area (Å²) in [7, 11) is 2.31. The van der Waals surface area contributed by atoms with Gasteiger partial charge in [0.25, 0.3) is 0 Å². The monoisotopic (exact) mass is 370 g/mol. The zero-order chi connectivity index (χ0) is 18.8. The molecule has 2 aliphatic heterocycles. The molecule has 1 saturated heterocycles. The van der Waals surface area contributed by atoms with Crippen LogP contribution >= 0.6 is 0 Å². The van der Waals surface area contributed by atoms with Crippen LogP contribution in [0.15, 0.2) is 6.07 Å². The number of Topliss-reactive ketones (excluding diaryl/α,β-unsaturated/α-hetero) is 1. The average Bonchev–Trinajstić information content (AvgIpc) is 3.34. The number of carbonyl (C=O) groups excluding carboxylic acids is 1. The predicted octanol–water partition coefficient (Wildman–Crippen LogP) is 1.98. The molecule has 1 aromatic rings. The highest BCUT2D eigenvalue weighted by Gasteiger charge is 2.76. The Labute approximate surface area is 159 Å². The number of nitrogens with zero attached hydrogens (tertiary/aromatic N) is 1. The van der Waals surface area contributed by atoms with Gasteiger partial charge in [-0.1, -0.05) is 6.07 Å². The van der Waals surface area contributed by atoms with Crippen molar-refractivity contribution in [1.82, 2.24) is 0 Å². The smallest absolute Gasteiger partial charge is 0.174 e. The van der Waals surface area contributed by atoms with Crippen LogP contribution in [0.5, 0.6) is 11.5 Å². The summed E-state index contributed by atoms with van der Waals surface area (Å²) in [5.74, 6) is 1.48. The minimum absolute atomic E-state index is 0.0813. The van der Waals surface area contributed by atoms with Crippen molar-refractivity contribution in [3.63, 3.8) is 0 Å². The third-order valence-electron chi connectivity index (χ3n) is 8.58. The quantitative estimate of drug-likeness (QED) is 0.782. The van der Waals surface area contributed by atoms with Gasteiger partial charge in [0.2, 0.25) is 0 Å². The van der Waals surface area contributed by atoms with Crippen LogP contribution in [-0.4, -0.2) is 58.4 Å². The maximum atomic E-state index is 12.9. The van der Waals surface area contributed by atoms with Crippen molar-refractivity contribution in [1.29, 1.82) is 0 Å². The first-order valence-electron chi connectivity index (χ1n) is 10.4. The van der Waals surface area contributed by atoms with Gasteiger partial charge in [-0.25, -0.2) is 0 Å². The molecule has 5 heteroatoms. The number of likely N-dealkylation sites (tertiary alicyclic amines) is 1. The van der Waals surface area contributed by atoms with Gasteiger partial charge in [-0.05, 0) is 37.3 Å². The Hall–Kier alpha value is -1.59. The van der Waals surface area contributed by atoms with Crippen LogP contribution < -0.4 is 4.74 Å². The number of carbonyl (C=O) groups is 1. The van der Waals surface area contributed by atoms with Gasteiger partial charge in [0.05, 0.1) is 25.6 Å². The van der Waals surface area contributed by atoms with Gasteiger partial charge in [-0.2, -0.15) is 0 Å². The van der Waals surface area contributed by atoms with E-state index in [0.29, 0.717) is 18.6 Å². The summed E-state index contributed by atoms with van der Waals surface area (Å²) in [6, 6.07) is 2.16. The molecule has 2 bridgehead atoms. The maximum absolute atomic E-state index is 12.9. The van der Waals surface area contributed by atoms with Crippen molar-refractivity contribution in [3.8, 4) is 11.5 Å². The summed E-state index contributed by atoms with van der Waals surface area (Å²) in [6.45, 7) is 3.98. The molecule has 3 fully saturated rings. The number of hydrogen-bond acceptors (Lipinski definition) is 4. The van der Waals surface area contributed by atoms with E-state index in [4.69, 9.17) is 4.74 Å². The number of aromatic hydroxyl groups is 1. The molecule has 5 nitrogen and oxygen atoms in total. The largest absolute Gasteiger partial charge is 0.504 e. The van der Waals surface area contributed by atoms with Crippen LogP contribution in [0, 0.1) is 12.8 Å². The highest BCUT2D eigenvalue weighted by molar-refractivity contribution is 5.90. The van der Waals surface area contributed by atoms with E-state index in [9.17, 15) is 15.0 Å². The third-order valence-corrected chi connectivity index (χ3v) is 8.58. The second-order valence-electron chi connectivity index (χ2n) is 10.1. The average molecular weight is 370 g/mol. The second kappa shape index (κ2) is 4.69. The van der Waals surface area contributed by atoms with Crippen LogP contribution in [0.4, 0.5) is 0 Å². The van der Waals surface area contributed by atoms with E-state index in [0.717, 1.165) is 47.5 Å². The number of phenols is 1. The third kappa shape index (κ3) is 1.72. The highest BCUT2D eigenvalue weighted by atomic mass is 16.5. The number of quaternary nitrogens is 1. The first-order chi connectivity index (χ1) is 12.8. The molecule has 2 saturated carbocycles. The lowest BCUT2D eigenvalue weighted by molar-refractivity contribution is -0.950. The molecule has 0 amide bonds. The highest BCUT2D eigenvalue weighted by Crippen LogP contribution is 2.66. The van der Waals surface area contributed by atoms with Crippen LogP contribution in [0.25, 0.3) is 0 Å². The Balaban J connectivity index is 1.62. The fraction of sp³-hybridized carbons (Fsp3) is 0.682.